The number of esters is 1. The van der Waals surface area contributed by atoms with E-state index in [9.17, 15) is 14.4 Å². The first-order valence-corrected chi connectivity index (χ1v) is 15.1. The maximum Gasteiger partial charge on any atom is 0.338 e. The van der Waals surface area contributed by atoms with Gasteiger partial charge in [0.15, 0.2) is 22.9 Å². The molecule has 2 aromatic carbocycles. The van der Waals surface area contributed by atoms with Gasteiger partial charge in [0, 0.05) is 13.1 Å². The van der Waals surface area contributed by atoms with Crippen molar-refractivity contribution in [1.82, 2.24) is 9.47 Å². The van der Waals surface area contributed by atoms with E-state index in [2.05, 4.69) is 4.99 Å². The number of thiazole rings is 1. The Morgan fingerprint density at radius 2 is 1.68 bits per heavy atom. The van der Waals surface area contributed by atoms with Gasteiger partial charge >= 0.3 is 5.97 Å². The third kappa shape index (κ3) is 6.07. The lowest BCUT2D eigenvalue weighted by Gasteiger charge is -2.26. The number of likely N-dealkylation sites (tertiary alicyclic amines) is 1. The molecule has 1 fully saturated rings. The van der Waals surface area contributed by atoms with E-state index in [0.29, 0.717) is 43.6 Å². The molecule has 0 N–H and O–H groups in total. The summed E-state index contributed by atoms with van der Waals surface area (Å²) in [6.07, 6.45) is 3.82. The summed E-state index contributed by atoms with van der Waals surface area (Å²) in [5.74, 6) is 1.12. The Bertz CT molecular complexity index is 1740. The van der Waals surface area contributed by atoms with Crippen LogP contribution >= 0.6 is 11.3 Å². The number of hydrogen-bond donors (Lipinski definition) is 0. The zero-order chi connectivity index (χ0) is 31.4. The Morgan fingerprint density at radius 3 is 2.27 bits per heavy atom. The molecule has 2 aliphatic rings. The van der Waals surface area contributed by atoms with Gasteiger partial charge in [0.2, 0.25) is 5.75 Å². The average molecular weight is 622 g/mol. The molecule has 0 saturated carbocycles. The highest BCUT2D eigenvalue weighted by molar-refractivity contribution is 7.07. The Hall–Kier alpha value is -4.58. The van der Waals surface area contributed by atoms with Crippen LogP contribution in [0.2, 0.25) is 0 Å². The van der Waals surface area contributed by atoms with E-state index >= 15 is 0 Å². The zero-order valence-electron chi connectivity index (χ0n) is 25.4. The van der Waals surface area contributed by atoms with Crippen LogP contribution in [-0.2, 0) is 14.3 Å². The topological polar surface area (TPSA) is 118 Å². The minimum atomic E-state index is -0.856. The van der Waals surface area contributed by atoms with Crippen molar-refractivity contribution >= 4 is 29.3 Å². The molecule has 0 unspecified atom stereocenters. The van der Waals surface area contributed by atoms with E-state index < -0.39 is 12.0 Å². The second kappa shape index (κ2) is 13.4. The largest absolute Gasteiger partial charge is 0.493 e. The van der Waals surface area contributed by atoms with Gasteiger partial charge in [-0.05, 0) is 68.2 Å². The fraction of sp³-hybridized carbons (Fsp3) is 0.375. The number of ether oxygens (including phenoxy) is 5. The fourth-order valence-corrected chi connectivity index (χ4v) is 6.43. The molecule has 5 rings (SSSR count). The molecule has 0 bridgehead atoms. The standard InChI is InChI=1S/C32H35N3O8S/c1-6-42-31(38)27-19(2)33-32-35(28(27)21-16-23(39-3)29(41-5)24(17-21)40-4)30(37)25(44-32)15-20-9-11-22(12-10-20)43-18-26(36)34-13-7-8-14-34/h9-12,15-17,28H,6-8,13-14,18H2,1-5H3/b25-15+/t28-/m1/s1. The average Bonchev–Trinajstić information content (AvgIpc) is 3.67. The minimum absolute atomic E-state index is 0.0129. The van der Waals surface area contributed by atoms with Crippen LogP contribution in [0.25, 0.3) is 6.08 Å². The lowest BCUT2D eigenvalue weighted by atomic mass is 9.95. The van der Waals surface area contributed by atoms with E-state index in [-0.39, 0.29) is 30.3 Å². The molecule has 1 saturated heterocycles. The Balaban J connectivity index is 1.53. The highest BCUT2D eigenvalue weighted by Gasteiger charge is 2.34. The molecule has 0 spiro atoms. The van der Waals surface area contributed by atoms with Crippen LogP contribution in [0, 0.1) is 0 Å². The van der Waals surface area contributed by atoms with Gasteiger partial charge < -0.3 is 28.6 Å². The molecule has 44 heavy (non-hydrogen) atoms. The summed E-state index contributed by atoms with van der Waals surface area (Å²) in [7, 11) is 4.51. The SMILES string of the molecule is CCOC(=O)C1=C(C)N=c2s/c(=C/c3ccc(OCC(=O)N4CCCC4)cc3)c(=O)n2[C@@H]1c1cc(OC)c(OC)c(OC)c1. The number of benzene rings is 2. The van der Waals surface area contributed by atoms with Crippen molar-refractivity contribution in [3.8, 4) is 23.0 Å². The van der Waals surface area contributed by atoms with E-state index in [0.717, 1.165) is 31.5 Å². The van der Waals surface area contributed by atoms with E-state index in [4.69, 9.17) is 23.7 Å². The second-order valence-electron chi connectivity index (χ2n) is 10.2. The number of fused-ring (bicyclic) bond motifs is 1. The Morgan fingerprint density at radius 1 is 1.02 bits per heavy atom. The molecule has 0 aliphatic carbocycles. The number of carbonyl (C=O) groups excluding carboxylic acids is 2. The first-order valence-electron chi connectivity index (χ1n) is 14.3. The van der Waals surface area contributed by atoms with Gasteiger partial charge in [0.25, 0.3) is 11.5 Å². The summed E-state index contributed by atoms with van der Waals surface area (Å²) in [5, 5.41) is 0. The highest BCUT2D eigenvalue weighted by Crippen LogP contribution is 2.42. The summed E-state index contributed by atoms with van der Waals surface area (Å²) < 4.78 is 29.6. The number of hydrogen-bond acceptors (Lipinski definition) is 10. The third-order valence-electron chi connectivity index (χ3n) is 7.52. The molecule has 232 valence electrons. The van der Waals surface area contributed by atoms with Crippen LogP contribution in [0.1, 0.15) is 43.9 Å². The van der Waals surface area contributed by atoms with Crippen LogP contribution in [-0.4, -0.2) is 69.0 Å². The number of nitrogens with zero attached hydrogens (tertiary/aromatic N) is 3. The smallest absolute Gasteiger partial charge is 0.338 e. The van der Waals surface area contributed by atoms with Crippen LogP contribution in [0.15, 0.2) is 57.5 Å². The van der Waals surface area contributed by atoms with Gasteiger partial charge in [-0.3, -0.25) is 14.2 Å². The van der Waals surface area contributed by atoms with Crippen LogP contribution in [0.3, 0.4) is 0 Å². The van der Waals surface area contributed by atoms with Gasteiger partial charge in [-0.2, -0.15) is 0 Å². The molecule has 3 heterocycles. The van der Waals surface area contributed by atoms with Crippen molar-refractivity contribution < 1.29 is 33.3 Å². The first-order chi connectivity index (χ1) is 21.3. The van der Waals surface area contributed by atoms with Gasteiger partial charge in [0.1, 0.15) is 5.75 Å². The summed E-state index contributed by atoms with van der Waals surface area (Å²) in [6.45, 7) is 5.15. The molecule has 12 heteroatoms. The third-order valence-corrected chi connectivity index (χ3v) is 8.50. The number of allylic oxidation sites excluding steroid dienone is 1. The number of rotatable bonds is 10. The molecule has 3 aromatic rings. The lowest BCUT2D eigenvalue weighted by molar-refractivity contribution is -0.139. The van der Waals surface area contributed by atoms with Crippen LogP contribution in [0.5, 0.6) is 23.0 Å². The maximum absolute atomic E-state index is 14.0. The van der Waals surface area contributed by atoms with Crippen LogP contribution in [0.4, 0.5) is 0 Å². The van der Waals surface area contributed by atoms with Crippen LogP contribution < -0.4 is 33.8 Å². The lowest BCUT2D eigenvalue weighted by Crippen LogP contribution is -2.40. The predicted molar refractivity (Wildman–Crippen MR) is 164 cm³/mol. The summed E-state index contributed by atoms with van der Waals surface area (Å²) >= 11 is 1.22. The number of carbonyl (C=O) groups is 2. The van der Waals surface area contributed by atoms with Crippen molar-refractivity contribution in [2.75, 3.05) is 47.6 Å². The molecule has 0 radical (unpaired) electrons. The first kappa shape index (κ1) is 30.9. The van der Waals surface area contributed by atoms with Crippen molar-refractivity contribution in [3.63, 3.8) is 0 Å². The summed E-state index contributed by atoms with van der Waals surface area (Å²) in [5.41, 5.74) is 1.69. The highest BCUT2D eigenvalue weighted by atomic mass is 32.1. The van der Waals surface area contributed by atoms with Crippen molar-refractivity contribution in [1.29, 1.82) is 0 Å². The maximum atomic E-state index is 14.0. The number of aromatic nitrogens is 1. The predicted octanol–water partition coefficient (Wildman–Crippen LogP) is 2.83. The number of amides is 1. The Labute approximate surface area is 258 Å². The molecule has 1 amide bonds. The molecular weight excluding hydrogens is 586 g/mol. The van der Waals surface area contributed by atoms with Crippen molar-refractivity contribution in [3.05, 3.63) is 78.5 Å². The molecule has 1 aromatic heterocycles. The summed E-state index contributed by atoms with van der Waals surface area (Å²) in [4.78, 5) is 46.5. The fourth-order valence-electron chi connectivity index (χ4n) is 5.38. The minimum Gasteiger partial charge on any atom is -0.493 e. The second-order valence-corrected chi connectivity index (χ2v) is 11.2. The molecular formula is C32H35N3O8S. The van der Waals surface area contributed by atoms with Crippen molar-refractivity contribution in [2.45, 2.75) is 32.7 Å². The van der Waals surface area contributed by atoms with Gasteiger partial charge in [-0.25, -0.2) is 9.79 Å². The Kier molecular flexibility index (Phi) is 9.38. The molecule has 1 atom stereocenters. The van der Waals surface area contributed by atoms with Gasteiger partial charge in [-0.15, -0.1) is 0 Å². The van der Waals surface area contributed by atoms with Crippen molar-refractivity contribution in [2.24, 2.45) is 4.99 Å². The van der Waals surface area contributed by atoms with E-state index in [1.807, 2.05) is 17.0 Å². The quantitative estimate of drug-likeness (QED) is 0.318. The van der Waals surface area contributed by atoms with Gasteiger partial charge in [0.05, 0.1) is 49.8 Å². The van der Waals surface area contributed by atoms with Gasteiger partial charge in [-0.1, -0.05) is 23.5 Å². The molecule has 2 aliphatic heterocycles. The number of methoxy groups -OCH3 is 3. The summed E-state index contributed by atoms with van der Waals surface area (Å²) in [6, 6.07) is 9.75. The zero-order valence-corrected chi connectivity index (χ0v) is 26.2. The molecule has 11 nitrogen and oxygen atoms in total. The van der Waals surface area contributed by atoms with E-state index in [1.165, 1.54) is 37.2 Å². The van der Waals surface area contributed by atoms with E-state index in [1.54, 1.807) is 44.2 Å². The monoisotopic (exact) mass is 621 g/mol. The normalized spacial score (nSPS) is 16.3.